The van der Waals surface area contributed by atoms with Gasteiger partial charge in [-0.3, -0.25) is 0 Å². The maximum Gasteiger partial charge on any atom is 0.381 e. The Morgan fingerprint density at radius 2 is 1.36 bits per heavy atom. The maximum absolute atomic E-state index is 14.0. The van der Waals surface area contributed by atoms with E-state index >= 15 is 0 Å². The summed E-state index contributed by atoms with van der Waals surface area (Å²) in [6.07, 6.45) is 0. The zero-order chi connectivity index (χ0) is 25.2. The number of ether oxygens (including phenoxy) is 2. The average Bonchev–Trinajstić information content (AvgIpc) is 2.72. The molecule has 0 unspecified atom stereocenters. The normalized spacial score (nSPS) is 12.8. The highest BCUT2D eigenvalue weighted by molar-refractivity contribution is 5.59. The first-order valence-corrected chi connectivity index (χ1v) is 8.98. The zero-order valence-corrected chi connectivity index (χ0v) is 16.8. The van der Waals surface area contributed by atoms with Gasteiger partial charge >= 0.3 is 23.7 Å². The molecule has 0 aromatic heterocycles. The molecule has 0 aliphatic heterocycles. The Morgan fingerprint density at radius 1 is 0.818 bits per heavy atom. The topological polar surface area (TPSA) is 94.3 Å². The Balaban J connectivity index is 2.20. The van der Waals surface area contributed by atoms with Crippen LogP contribution < -0.4 is 20.9 Å². The monoisotopic (exact) mass is 483 g/mol. The van der Waals surface area contributed by atoms with E-state index in [4.69, 9.17) is 16.7 Å². The van der Waals surface area contributed by atoms with Crippen molar-refractivity contribution in [3.05, 3.63) is 47.5 Å². The van der Waals surface area contributed by atoms with Gasteiger partial charge in [0.2, 0.25) is 0 Å². The molecule has 2 aromatic carbocycles. The average molecular weight is 483 g/mol. The molecule has 2 rings (SSSR count). The molecule has 0 radical (unpaired) electrons. The number of halogens is 8. The number of benzene rings is 2. The van der Waals surface area contributed by atoms with Gasteiger partial charge in [0.25, 0.3) is 0 Å². The molecule has 0 aliphatic rings. The quantitative estimate of drug-likeness (QED) is 0.386. The van der Waals surface area contributed by atoms with Crippen molar-refractivity contribution >= 4 is 11.4 Å². The fourth-order valence-electron chi connectivity index (χ4n) is 2.51. The summed E-state index contributed by atoms with van der Waals surface area (Å²) >= 11 is 0. The van der Waals surface area contributed by atoms with Crippen LogP contribution in [0.15, 0.2) is 36.4 Å². The third-order valence-electron chi connectivity index (χ3n) is 4.50. The lowest BCUT2D eigenvalue weighted by Crippen LogP contribution is -2.65. The Bertz CT molecular complexity index is 1050. The molecule has 33 heavy (non-hydrogen) atoms. The standard InChI is InChI=1S/C20H17F8N3O2/c1-11-6-14(4-2-12(11)8-29)32-9-17(21,22)19(25,26)20(27,28)18(23,24)10-33-16-7-13(30)3-5-15(16)31/h2-7H,9-10,30-31H2,1H3. The van der Waals surface area contributed by atoms with Crippen LogP contribution >= 0.6 is 0 Å². The van der Waals surface area contributed by atoms with Crippen molar-refractivity contribution in [3.8, 4) is 17.6 Å². The molecule has 0 spiro atoms. The van der Waals surface area contributed by atoms with E-state index < -0.39 is 48.4 Å². The van der Waals surface area contributed by atoms with E-state index in [0.29, 0.717) is 0 Å². The van der Waals surface area contributed by atoms with Crippen molar-refractivity contribution in [1.29, 1.82) is 5.26 Å². The van der Waals surface area contributed by atoms with Crippen LogP contribution in [0.1, 0.15) is 11.1 Å². The van der Waals surface area contributed by atoms with E-state index in [2.05, 4.69) is 9.47 Å². The number of aryl methyl sites for hydroxylation is 1. The first-order chi connectivity index (χ1) is 15.1. The number of hydrogen-bond donors (Lipinski definition) is 2. The van der Waals surface area contributed by atoms with Gasteiger partial charge in [0.1, 0.15) is 11.5 Å². The Morgan fingerprint density at radius 3 is 1.88 bits per heavy atom. The molecular weight excluding hydrogens is 466 g/mol. The van der Waals surface area contributed by atoms with E-state index in [1.165, 1.54) is 13.0 Å². The summed E-state index contributed by atoms with van der Waals surface area (Å²) in [4.78, 5) is 0. The van der Waals surface area contributed by atoms with E-state index in [1.54, 1.807) is 6.07 Å². The van der Waals surface area contributed by atoms with Crippen molar-refractivity contribution < 1.29 is 44.6 Å². The third kappa shape index (κ3) is 4.99. The minimum absolute atomic E-state index is 0.0682. The van der Waals surface area contributed by atoms with Crippen molar-refractivity contribution in [3.63, 3.8) is 0 Å². The number of nitriles is 1. The second-order valence-electron chi connectivity index (χ2n) is 7.02. The maximum atomic E-state index is 14.0. The lowest BCUT2D eigenvalue weighted by Gasteiger charge is -2.36. The van der Waals surface area contributed by atoms with Gasteiger partial charge in [-0.15, -0.1) is 0 Å². The number of anilines is 2. The highest BCUT2D eigenvalue weighted by Gasteiger charge is 2.81. The smallest absolute Gasteiger partial charge is 0.381 e. The number of hydrogen-bond acceptors (Lipinski definition) is 5. The van der Waals surface area contributed by atoms with Gasteiger partial charge in [0.05, 0.1) is 17.3 Å². The SMILES string of the molecule is Cc1cc(OCC(F)(F)C(F)(F)C(F)(F)C(F)(F)COc2cc(N)ccc2N)ccc1C#N. The minimum Gasteiger partial charge on any atom is -0.487 e. The van der Waals surface area contributed by atoms with E-state index in [1.807, 2.05) is 0 Å². The molecule has 2 aromatic rings. The van der Waals surface area contributed by atoms with E-state index in [9.17, 15) is 35.1 Å². The molecule has 0 saturated heterocycles. The molecule has 180 valence electrons. The van der Waals surface area contributed by atoms with Crippen molar-refractivity contribution in [2.24, 2.45) is 0 Å². The van der Waals surface area contributed by atoms with Crippen LogP contribution in [0, 0.1) is 18.3 Å². The number of alkyl halides is 8. The van der Waals surface area contributed by atoms with Crippen LogP contribution in [0.3, 0.4) is 0 Å². The van der Waals surface area contributed by atoms with E-state index in [-0.39, 0.29) is 22.5 Å². The predicted octanol–water partition coefficient (Wildman–Crippen LogP) is 5.03. The number of nitrogens with two attached hydrogens (primary N) is 2. The largest absolute Gasteiger partial charge is 0.487 e. The molecule has 0 heterocycles. The van der Waals surface area contributed by atoms with Crippen molar-refractivity contribution in [2.45, 2.75) is 30.6 Å². The number of nitrogen functional groups attached to an aromatic ring is 2. The zero-order valence-electron chi connectivity index (χ0n) is 16.8. The van der Waals surface area contributed by atoms with Gasteiger partial charge in [-0.1, -0.05) is 0 Å². The van der Waals surface area contributed by atoms with Gasteiger partial charge in [0.15, 0.2) is 13.2 Å². The Labute approximate surface area is 182 Å². The van der Waals surface area contributed by atoms with Gasteiger partial charge in [-0.2, -0.15) is 40.4 Å². The van der Waals surface area contributed by atoms with Gasteiger partial charge in [-0.05, 0) is 42.8 Å². The lowest BCUT2D eigenvalue weighted by molar-refractivity contribution is -0.371. The van der Waals surface area contributed by atoms with Crippen molar-refractivity contribution in [1.82, 2.24) is 0 Å². The van der Waals surface area contributed by atoms with Gasteiger partial charge in [0, 0.05) is 11.8 Å². The number of rotatable bonds is 9. The molecule has 0 amide bonds. The highest BCUT2D eigenvalue weighted by Crippen LogP contribution is 2.52. The molecule has 13 heteroatoms. The van der Waals surface area contributed by atoms with Gasteiger partial charge < -0.3 is 20.9 Å². The molecule has 0 saturated carbocycles. The van der Waals surface area contributed by atoms with Crippen LogP contribution in [-0.4, -0.2) is 36.9 Å². The van der Waals surface area contributed by atoms with Crippen LogP contribution in [-0.2, 0) is 0 Å². The summed E-state index contributed by atoms with van der Waals surface area (Å²) in [6, 6.07) is 8.00. The summed E-state index contributed by atoms with van der Waals surface area (Å²) in [5, 5.41) is 8.80. The molecule has 4 N–H and O–H groups in total. The molecule has 5 nitrogen and oxygen atoms in total. The lowest BCUT2D eigenvalue weighted by atomic mass is 9.99. The van der Waals surface area contributed by atoms with Crippen LogP contribution in [0.25, 0.3) is 0 Å². The molecule has 0 bridgehead atoms. The highest BCUT2D eigenvalue weighted by atomic mass is 19.4. The first-order valence-electron chi connectivity index (χ1n) is 8.98. The molecule has 0 aliphatic carbocycles. The van der Waals surface area contributed by atoms with Gasteiger partial charge in [-0.25, -0.2) is 0 Å². The summed E-state index contributed by atoms with van der Waals surface area (Å²) in [5.74, 6) is -25.7. The van der Waals surface area contributed by atoms with Crippen LogP contribution in [0.4, 0.5) is 46.5 Å². The second kappa shape index (κ2) is 8.84. The fourth-order valence-corrected chi connectivity index (χ4v) is 2.51. The van der Waals surface area contributed by atoms with Crippen LogP contribution in [0.2, 0.25) is 0 Å². The van der Waals surface area contributed by atoms with E-state index in [0.717, 1.165) is 30.3 Å². The Hall–Kier alpha value is -3.43. The summed E-state index contributed by atoms with van der Waals surface area (Å²) in [5.41, 5.74) is 10.7. The summed E-state index contributed by atoms with van der Waals surface area (Å²) in [6.45, 7) is -3.37. The first kappa shape index (κ1) is 25.8. The Kier molecular flexibility index (Phi) is 6.92. The molecule has 0 fully saturated rings. The molecule has 0 atom stereocenters. The predicted molar refractivity (Wildman–Crippen MR) is 102 cm³/mol. The second-order valence-corrected chi connectivity index (χ2v) is 7.02. The van der Waals surface area contributed by atoms with Crippen LogP contribution in [0.5, 0.6) is 11.5 Å². The summed E-state index contributed by atoms with van der Waals surface area (Å²) in [7, 11) is 0. The fraction of sp³-hybridized carbons (Fsp3) is 0.350. The minimum atomic E-state index is -6.55. The summed E-state index contributed by atoms with van der Waals surface area (Å²) < 4.78 is 121. The molecular formula is C20H17F8N3O2. The number of nitrogens with zero attached hydrogens (tertiary/aromatic N) is 1. The van der Waals surface area contributed by atoms with Crippen molar-refractivity contribution in [2.75, 3.05) is 24.7 Å². The third-order valence-corrected chi connectivity index (χ3v) is 4.50.